The third-order valence-corrected chi connectivity index (χ3v) is 4.93. The van der Waals surface area contributed by atoms with Crippen LogP contribution in [-0.2, 0) is 4.74 Å². The van der Waals surface area contributed by atoms with Crippen LogP contribution in [0.25, 0.3) is 27.7 Å². The van der Waals surface area contributed by atoms with Crippen LogP contribution in [0.3, 0.4) is 0 Å². The molecule has 0 aliphatic heterocycles. The lowest BCUT2D eigenvalue weighted by atomic mass is 10.1. The first kappa shape index (κ1) is 19.8. The Kier molecular flexibility index (Phi) is 4.66. The molecule has 0 spiro atoms. The van der Waals surface area contributed by atoms with Crippen molar-refractivity contribution in [3.63, 3.8) is 0 Å². The maximum Gasteiger partial charge on any atom is 0.418 e. The second-order valence-electron chi connectivity index (χ2n) is 8.60. The number of nitrogens with zero attached hydrogens (tertiary/aromatic N) is 4. The van der Waals surface area contributed by atoms with Gasteiger partial charge in [0.1, 0.15) is 5.60 Å². The number of aromatic nitrogens is 4. The van der Waals surface area contributed by atoms with E-state index in [2.05, 4.69) is 15.4 Å². The van der Waals surface area contributed by atoms with Crippen molar-refractivity contribution < 1.29 is 9.53 Å². The van der Waals surface area contributed by atoms with Gasteiger partial charge in [-0.05, 0) is 45.0 Å². The molecule has 0 aliphatic rings. The van der Waals surface area contributed by atoms with Crippen LogP contribution >= 0.6 is 0 Å². The van der Waals surface area contributed by atoms with Crippen molar-refractivity contribution in [3.8, 4) is 11.3 Å². The van der Waals surface area contributed by atoms with Crippen molar-refractivity contribution in [2.24, 2.45) is 0 Å². The van der Waals surface area contributed by atoms with Crippen LogP contribution in [0.2, 0.25) is 0 Å². The molecule has 0 radical (unpaired) electrons. The maximum atomic E-state index is 12.4. The summed E-state index contributed by atoms with van der Waals surface area (Å²) < 4.78 is 8.74. The molecule has 5 aromatic rings. The van der Waals surface area contributed by atoms with Crippen LogP contribution in [-0.4, -0.2) is 30.9 Å². The molecule has 3 aromatic heterocycles. The van der Waals surface area contributed by atoms with Crippen molar-refractivity contribution in [1.29, 1.82) is 0 Å². The van der Waals surface area contributed by atoms with E-state index >= 15 is 0 Å². The Hall–Kier alpha value is -4.13. The highest BCUT2D eigenvalue weighted by Crippen LogP contribution is 2.25. The van der Waals surface area contributed by atoms with Crippen LogP contribution < -0.4 is 5.32 Å². The molecule has 0 saturated heterocycles. The number of carbonyl (C=O) groups is 1. The highest BCUT2D eigenvalue weighted by Gasteiger charge is 2.18. The first-order valence-electron chi connectivity index (χ1n) is 10.4. The molecule has 0 unspecified atom stereocenters. The minimum Gasteiger partial charge on any atom is -0.443 e. The number of nitrogens with one attached hydrogen (secondary N) is 1. The molecule has 0 saturated carbocycles. The topological polar surface area (TPSA) is 73.5 Å². The number of rotatable bonds is 3. The van der Waals surface area contributed by atoms with Crippen LogP contribution in [0.15, 0.2) is 79.1 Å². The fraction of sp³-hybridized carbons (Fsp3) is 0.160. The van der Waals surface area contributed by atoms with E-state index in [1.807, 2.05) is 92.0 Å². The average molecular weight is 425 g/mol. The fourth-order valence-corrected chi connectivity index (χ4v) is 3.55. The van der Waals surface area contributed by atoms with Crippen LogP contribution in [0.4, 0.5) is 16.4 Å². The van der Waals surface area contributed by atoms with E-state index in [1.165, 1.54) is 4.57 Å². The van der Waals surface area contributed by atoms with Gasteiger partial charge in [0, 0.05) is 34.4 Å². The third kappa shape index (κ3) is 3.92. The quantitative estimate of drug-likeness (QED) is 0.391. The van der Waals surface area contributed by atoms with Gasteiger partial charge in [-0.15, -0.1) is 5.10 Å². The summed E-state index contributed by atoms with van der Waals surface area (Å²) in [5.74, 6) is 0.499. The number of ether oxygens (including phenoxy) is 1. The first-order valence-corrected chi connectivity index (χ1v) is 10.4. The van der Waals surface area contributed by atoms with E-state index in [-0.39, 0.29) is 0 Å². The summed E-state index contributed by atoms with van der Waals surface area (Å²) in [4.78, 5) is 17.0. The summed E-state index contributed by atoms with van der Waals surface area (Å²) in [5, 5.41) is 9.78. The Morgan fingerprint density at radius 3 is 2.50 bits per heavy atom. The molecular formula is C25H23N5O2. The van der Waals surface area contributed by atoms with Gasteiger partial charge in [-0.25, -0.2) is 9.31 Å². The van der Waals surface area contributed by atoms with E-state index in [0.717, 1.165) is 33.4 Å². The highest BCUT2D eigenvalue weighted by molar-refractivity contribution is 5.89. The minimum absolute atomic E-state index is 0.404. The monoisotopic (exact) mass is 425 g/mol. The number of hydrogen-bond acceptors (Lipinski definition) is 5. The molecule has 32 heavy (non-hydrogen) atoms. The summed E-state index contributed by atoms with van der Waals surface area (Å²) in [6.07, 6.45) is 3.13. The van der Waals surface area contributed by atoms with Gasteiger partial charge < -0.3 is 10.1 Å². The standard InChI is InChI=1S/C25H23N5O2/c1-25(2,3)32-24(31)29-15-18-12-13-20(14-19(18)16-29)26-23-27-22-11-7-10-21(30(22)28-23)17-8-5-4-6-9-17/h4-16H,1-3H3,(H,26,28). The number of anilines is 2. The van der Waals surface area contributed by atoms with Gasteiger partial charge in [0.2, 0.25) is 5.95 Å². The molecule has 0 fully saturated rings. The molecule has 5 rings (SSSR count). The van der Waals surface area contributed by atoms with Gasteiger partial charge in [-0.1, -0.05) is 42.5 Å². The lowest BCUT2D eigenvalue weighted by Crippen LogP contribution is -2.26. The van der Waals surface area contributed by atoms with Gasteiger partial charge in [0.25, 0.3) is 0 Å². The van der Waals surface area contributed by atoms with Crippen LogP contribution in [0.1, 0.15) is 20.8 Å². The summed E-state index contributed by atoms with van der Waals surface area (Å²) in [6, 6.07) is 21.9. The number of fused-ring (bicyclic) bond motifs is 2. The summed E-state index contributed by atoms with van der Waals surface area (Å²) in [6.45, 7) is 5.55. The molecule has 2 aromatic carbocycles. The molecule has 0 bridgehead atoms. The summed E-state index contributed by atoms with van der Waals surface area (Å²) in [7, 11) is 0. The van der Waals surface area contributed by atoms with Crippen molar-refractivity contribution in [1.82, 2.24) is 19.2 Å². The Morgan fingerprint density at radius 1 is 0.938 bits per heavy atom. The zero-order valence-electron chi connectivity index (χ0n) is 18.1. The van der Waals surface area contributed by atoms with Crippen LogP contribution in [0.5, 0.6) is 0 Å². The largest absolute Gasteiger partial charge is 0.443 e. The molecule has 1 N–H and O–H groups in total. The summed E-state index contributed by atoms with van der Waals surface area (Å²) in [5.41, 5.74) is 3.07. The molecular weight excluding hydrogens is 402 g/mol. The number of hydrogen-bond donors (Lipinski definition) is 1. The van der Waals surface area contributed by atoms with Gasteiger partial charge in [-0.2, -0.15) is 4.98 Å². The van der Waals surface area contributed by atoms with E-state index in [0.29, 0.717) is 5.95 Å². The zero-order chi connectivity index (χ0) is 22.3. The molecule has 0 amide bonds. The SMILES string of the molecule is CC(C)(C)OC(=O)n1cc2ccc(Nc3nc4cccc(-c5ccccc5)n4n3)cc2c1. The Morgan fingerprint density at radius 2 is 1.72 bits per heavy atom. The number of carbonyl (C=O) groups excluding carboxylic acids is 1. The van der Waals surface area contributed by atoms with Gasteiger partial charge >= 0.3 is 6.09 Å². The molecule has 160 valence electrons. The predicted molar refractivity (Wildman–Crippen MR) is 125 cm³/mol. The van der Waals surface area contributed by atoms with Gasteiger partial charge in [-0.3, -0.25) is 4.57 Å². The highest BCUT2D eigenvalue weighted by atomic mass is 16.6. The zero-order valence-corrected chi connectivity index (χ0v) is 18.1. The van der Waals surface area contributed by atoms with E-state index in [4.69, 9.17) is 4.74 Å². The molecule has 7 nitrogen and oxygen atoms in total. The Labute approximate surface area is 185 Å². The molecule has 0 aliphatic carbocycles. The second kappa shape index (κ2) is 7.53. The second-order valence-corrected chi connectivity index (χ2v) is 8.60. The Balaban J connectivity index is 1.44. The lowest BCUT2D eigenvalue weighted by Gasteiger charge is -2.19. The lowest BCUT2D eigenvalue weighted by molar-refractivity contribution is 0.0538. The average Bonchev–Trinajstić information content (AvgIpc) is 3.36. The normalized spacial score (nSPS) is 11.7. The third-order valence-electron chi connectivity index (χ3n) is 4.93. The maximum absolute atomic E-state index is 12.4. The number of pyridine rings is 1. The van der Waals surface area contributed by atoms with Crippen molar-refractivity contribution in [2.75, 3.05) is 5.32 Å². The summed E-state index contributed by atoms with van der Waals surface area (Å²) >= 11 is 0. The first-order chi connectivity index (χ1) is 15.4. The van der Waals surface area contributed by atoms with Gasteiger partial charge in [0.15, 0.2) is 5.65 Å². The smallest absolute Gasteiger partial charge is 0.418 e. The molecule has 0 atom stereocenters. The van der Waals surface area contributed by atoms with Gasteiger partial charge in [0.05, 0.1) is 5.69 Å². The van der Waals surface area contributed by atoms with Crippen molar-refractivity contribution >= 4 is 34.1 Å². The van der Waals surface area contributed by atoms with E-state index in [9.17, 15) is 4.79 Å². The van der Waals surface area contributed by atoms with E-state index in [1.54, 1.807) is 12.4 Å². The predicted octanol–water partition coefficient (Wildman–Crippen LogP) is 5.88. The Bertz CT molecular complexity index is 1430. The molecule has 7 heteroatoms. The van der Waals surface area contributed by atoms with Crippen molar-refractivity contribution in [2.45, 2.75) is 26.4 Å². The van der Waals surface area contributed by atoms with E-state index < -0.39 is 11.7 Å². The fourth-order valence-electron chi connectivity index (χ4n) is 3.55. The number of benzene rings is 2. The van der Waals surface area contributed by atoms with Crippen molar-refractivity contribution in [3.05, 3.63) is 79.1 Å². The molecule has 3 heterocycles. The minimum atomic E-state index is -0.548. The van der Waals surface area contributed by atoms with Crippen LogP contribution in [0, 0.1) is 0 Å².